The van der Waals surface area contributed by atoms with Crippen molar-refractivity contribution >= 4 is 39.5 Å². The molecule has 20 heavy (non-hydrogen) atoms. The van der Waals surface area contributed by atoms with Gasteiger partial charge in [-0.3, -0.25) is 19.9 Å². The summed E-state index contributed by atoms with van der Waals surface area (Å²) < 4.78 is 0. The Balaban J connectivity index is 2.38. The zero-order valence-electron chi connectivity index (χ0n) is 10.8. The number of nitro benzene ring substituents is 1. The first-order chi connectivity index (χ1) is 9.59. The summed E-state index contributed by atoms with van der Waals surface area (Å²) in [5.74, 6) is 0.570. The highest BCUT2D eigenvalue weighted by atomic mass is 32.2. The van der Waals surface area contributed by atoms with Crippen molar-refractivity contribution in [2.45, 2.75) is 6.92 Å². The number of aromatic nitrogens is 1. The Bertz CT molecular complexity index is 698. The minimum absolute atomic E-state index is 0.0448. The minimum Gasteiger partial charge on any atom is -0.288 e. The predicted molar refractivity (Wildman–Crippen MR) is 80.6 cm³/mol. The van der Waals surface area contributed by atoms with E-state index in [1.807, 2.05) is 12.2 Å². The van der Waals surface area contributed by atoms with E-state index in [-0.39, 0.29) is 10.8 Å². The second kappa shape index (κ2) is 6.29. The summed E-state index contributed by atoms with van der Waals surface area (Å²) in [4.78, 5) is 25.6. The number of carbonyl (C=O) groups is 1. The van der Waals surface area contributed by atoms with E-state index in [1.54, 1.807) is 24.4 Å². The maximum Gasteiger partial charge on any atom is 0.278 e. The van der Waals surface area contributed by atoms with Crippen LogP contribution in [0.3, 0.4) is 0 Å². The van der Waals surface area contributed by atoms with Crippen LogP contribution in [-0.4, -0.2) is 20.8 Å². The molecule has 1 aromatic heterocycles. The smallest absolute Gasteiger partial charge is 0.278 e. The van der Waals surface area contributed by atoms with Gasteiger partial charge in [0.15, 0.2) is 5.12 Å². The Kier molecular flexibility index (Phi) is 4.47. The van der Waals surface area contributed by atoms with Crippen molar-refractivity contribution in [3.8, 4) is 0 Å². The van der Waals surface area contributed by atoms with Gasteiger partial charge in [-0.15, -0.1) is 0 Å². The van der Waals surface area contributed by atoms with Crippen LogP contribution in [-0.2, 0) is 4.79 Å². The van der Waals surface area contributed by atoms with Crippen molar-refractivity contribution in [1.82, 2.24) is 4.98 Å². The molecule has 6 heteroatoms. The summed E-state index contributed by atoms with van der Waals surface area (Å²) in [6, 6.07) is 6.50. The topological polar surface area (TPSA) is 73.1 Å². The molecule has 0 aliphatic carbocycles. The summed E-state index contributed by atoms with van der Waals surface area (Å²) in [5.41, 5.74) is 1.43. The number of non-ortho nitro benzene ring substituents is 1. The molecule has 0 amide bonds. The van der Waals surface area contributed by atoms with Gasteiger partial charge in [0, 0.05) is 30.5 Å². The first-order valence-electron chi connectivity index (χ1n) is 5.91. The summed E-state index contributed by atoms with van der Waals surface area (Å²) in [6.45, 7) is 1.52. The molecule has 0 saturated carbocycles. The van der Waals surface area contributed by atoms with Gasteiger partial charge < -0.3 is 0 Å². The zero-order chi connectivity index (χ0) is 14.5. The number of nitro groups is 1. The molecule has 0 spiro atoms. The van der Waals surface area contributed by atoms with Gasteiger partial charge >= 0.3 is 0 Å². The van der Waals surface area contributed by atoms with E-state index in [2.05, 4.69) is 4.98 Å². The van der Waals surface area contributed by atoms with E-state index in [9.17, 15) is 14.9 Å². The predicted octanol–water partition coefficient (Wildman–Crippen LogP) is 3.44. The number of thioether (sulfide) groups is 1. The molecular formula is C14H12N2O3S. The fraction of sp³-hybridized carbons (Fsp3) is 0.143. The summed E-state index contributed by atoms with van der Waals surface area (Å²) in [6.07, 6.45) is 5.28. The molecule has 0 atom stereocenters. The normalized spacial score (nSPS) is 11.1. The first kappa shape index (κ1) is 14.2. The second-order valence-corrected chi connectivity index (χ2v) is 5.23. The van der Waals surface area contributed by atoms with Crippen LogP contribution in [0.15, 0.2) is 36.5 Å². The van der Waals surface area contributed by atoms with Crippen LogP contribution >= 0.6 is 11.8 Å². The molecule has 0 bridgehead atoms. The van der Waals surface area contributed by atoms with Gasteiger partial charge in [0.05, 0.1) is 15.8 Å². The van der Waals surface area contributed by atoms with E-state index in [1.165, 1.54) is 24.8 Å². The van der Waals surface area contributed by atoms with Crippen molar-refractivity contribution in [2.24, 2.45) is 0 Å². The molecule has 2 aromatic rings. The minimum atomic E-state index is -0.414. The van der Waals surface area contributed by atoms with Gasteiger partial charge in [0.2, 0.25) is 0 Å². The fourth-order valence-corrected chi connectivity index (χ4v) is 2.24. The lowest BCUT2D eigenvalue weighted by Gasteiger charge is -2.02. The van der Waals surface area contributed by atoms with E-state index in [0.29, 0.717) is 16.7 Å². The fourth-order valence-electron chi connectivity index (χ4n) is 1.81. The summed E-state index contributed by atoms with van der Waals surface area (Å²) >= 11 is 1.21. The number of carbonyl (C=O) groups excluding carboxylic acids is 1. The molecule has 0 saturated heterocycles. The molecule has 2 rings (SSSR count). The molecule has 0 radical (unpaired) electrons. The SMILES string of the molecule is CC(=O)SCC=Cc1ccc([N+](=O)[O-])c2cccnc12. The molecule has 0 N–H and O–H groups in total. The summed E-state index contributed by atoms with van der Waals surface area (Å²) in [5, 5.41) is 11.6. The number of rotatable bonds is 4. The standard InChI is InChI=1S/C14H12N2O3S/c1-10(17)20-9-3-4-11-6-7-13(16(18)19)12-5-2-8-15-14(11)12/h2-8H,9H2,1H3. The van der Waals surface area contributed by atoms with Crippen LogP contribution in [0.1, 0.15) is 12.5 Å². The number of pyridine rings is 1. The molecule has 102 valence electrons. The lowest BCUT2D eigenvalue weighted by Crippen LogP contribution is -1.92. The van der Waals surface area contributed by atoms with E-state index in [0.717, 1.165) is 5.56 Å². The maximum atomic E-state index is 11.0. The van der Waals surface area contributed by atoms with Crippen molar-refractivity contribution < 1.29 is 9.72 Å². The van der Waals surface area contributed by atoms with Crippen LogP contribution in [0.4, 0.5) is 5.69 Å². The number of hydrogen-bond acceptors (Lipinski definition) is 5. The van der Waals surface area contributed by atoms with Gasteiger partial charge in [-0.05, 0) is 18.2 Å². The second-order valence-electron chi connectivity index (χ2n) is 4.04. The molecule has 0 unspecified atom stereocenters. The Hall–Kier alpha value is -2.21. The lowest BCUT2D eigenvalue weighted by atomic mass is 10.1. The Morgan fingerprint density at radius 3 is 2.95 bits per heavy atom. The quantitative estimate of drug-likeness (QED) is 0.636. The van der Waals surface area contributed by atoms with Gasteiger partial charge in [0.25, 0.3) is 5.69 Å². The Morgan fingerprint density at radius 2 is 2.25 bits per heavy atom. The third-order valence-corrected chi connectivity index (χ3v) is 3.42. The van der Waals surface area contributed by atoms with Crippen molar-refractivity contribution in [2.75, 3.05) is 5.75 Å². The molecular weight excluding hydrogens is 276 g/mol. The van der Waals surface area contributed by atoms with E-state index < -0.39 is 4.92 Å². The van der Waals surface area contributed by atoms with E-state index >= 15 is 0 Å². The van der Waals surface area contributed by atoms with E-state index in [4.69, 9.17) is 0 Å². The third kappa shape index (κ3) is 3.21. The average Bonchev–Trinajstić information content (AvgIpc) is 2.43. The van der Waals surface area contributed by atoms with Crippen LogP contribution in [0.5, 0.6) is 0 Å². The van der Waals surface area contributed by atoms with Gasteiger partial charge in [-0.25, -0.2) is 0 Å². The average molecular weight is 288 g/mol. The number of fused-ring (bicyclic) bond motifs is 1. The van der Waals surface area contributed by atoms with Crippen LogP contribution in [0.25, 0.3) is 17.0 Å². The largest absolute Gasteiger partial charge is 0.288 e. The summed E-state index contributed by atoms with van der Waals surface area (Å²) in [7, 11) is 0. The van der Waals surface area contributed by atoms with Crippen LogP contribution < -0.4 is 0 Å². The molecule has 0 fully saturated rings. The van der Waals surface area contributed by atoms with Gasteiger partial charge in [-0.2, -0.15) is 0 Å². The van der Waals surface area contributed by atoms with Crippen molar-refractivity contribution in [1.29, 1.82) is 0 Å². The maximum absolute atomic E-state index is 11.0. The Labute approximate surface area is 119 Å². The third-order valence-electron chi connectivity index (χ3n) is 2.65. The molecule has 1 aromatic carbocycles. The van der Waals surface area contributed by atoms with Crippen molar-refractivity contribution in [3.63, 3.8) is 0 Å². The molecule has 5 nitrogen and oxygen atoms in total. The zero-order valence-corrected chi connectivity index (χ0v) is 11.6. The lowest BCUT2D eigenvalue weighted by molar-refractivity contribution is -0.383. The first-order valence-corrected chi connectivity index (χ1v) is 6.90. The number of nitrogens with zero attached hydrogens (tertiary/aromatic N) is 2. The molecule has 0 aliphatic heterocycles. The molecule has 0 aliphatic rings. The number of hydrogen-bond donors (Lipinski definition) is 0. The Morgan fingerprint density at radius 1 is 1.45 bits per heavy atom. The van der Waals surface area contributed by atoms with Crippen LogP contribution in [0, 0.1) is 10.1 Å². The highest BCUT2D eigenvalue weighted by Crippen LogP contribution is 2.27. The van der Waals surface area contributed by atoms with Gasteiger partial charge in [0.1, 0.15) is 0 Å². The monoisotopic (exact) mass is 288 g/mol. The highest BCUT2D eigenvalue weighted by molar-refractivity contribution is 8.13. The van der Waals surface area contributed by atoms with Gasteiger partial charge in [-0.1, -0.05) is 23.9 Å². The number of benzene rings is 1. The molecule has 1 heterocycles. The van der Waals surface area contributed by atoms with Crippen molar-refractivity contribution in [3.05, 3.63) is 52.2 Å². The highest BCUT2D eigenvalue weighted by Gasteiger charge is 2.13. The van der Waals surface area contributed by atoms with Crippen LogP contribution in [0.2, 0.25) is 0 Å².